The van der Waals surface area contributed by atoms with Gasteiger partial charge in [0.1, 0.15) is 12.0 Å². The van der Waals surface area contributed by atoms with Gasteiger partial charge in [-0.15, -0.1) is 0 Å². The number of aldehydes is 1. The minimum Gasteiger partial charge on any atom is -0.360 e. The lowest BCUT2D eigenvalue weighted by atomic mass is 10.0. The largest absolute Gasteiger partial charge is 0.360 e. The van der Waals surface area contributed by atoms with Crippen molar-refractivity contribution in [2.24, 2.45) is 0 Å². The first kappa shape index (κ1) is 10.5. The Labute approximate surface area is 99.1 Å². The molecule has 0 aromatic carbocycles. The third kappa shape index (κ3) is 1.49. The number of carbonyl (C=O) groups excluding carboxylic acids is 3. The fourth-order valence-corrected chi connectivity index (χ4v) is 2.63. The van der Waals surface area contributed by atoms with Crippen LogP contribution in [0.5, 0.6) is 0 Å². The fourth-order valence-electron chi connectivity index (χ4n) is 2.63. The molecular weight excluding hydrogens is 220 g/mol. The van der Waals surface area contributed by atoms with Crippen LogP contribution >= 0.6 is 0 Å². The molecule has 0 aromatic rings. The number of imide groups is 1. The fraction of sp³-hybridized carbons (Fsp3) is 0.583. The number of hydrogen-bond acceptors (Lipinski definition) is 4. The third-order valence-electron chi connectivity index (χ3n) is 3.56. The second-order valence-corrected chi connectivity index (χ2v) is 4.75. The number of amides is 2. The molecule has 2 heterocycles. The zero-order chi connectivity index (χ0) is 12.0. The number of carbonyl (C=O) groups is 3. The van der Waals surface area contributed by atoms with E-state index >= 15 is 0 Å². The molecule has 3 aliphatic rings. The van der Waals surface area contributed by atoms with Crippen molar-refractivity contribution in [3.8, 4) is 0 Å². The average Bonchev–Trinajstić information content (AvgIpc) is 3.10. The summed E-state index contributed by atoms with van der Waals surface area (Å²) >= 11 is 0. The first-order chi connectivity index (χ1) is 8.24. The van der Waals surface area contributed by atoms with E-state index in [4.69, 9.17) is 0 Å². The molecular formula is C12H14N2O3. The summed E-state index contributed by atoms with van der Waals surface area (Å²) in [5.74, 6) is -0.308. The average molecular weight is 234 g/mol. The van der Waals surface area contributed by atoms with Crippen LogP contribution in [0.25, 0.3) is 0 Å². The molecule has 0 atom stereocenters. The highest BCUT2D eigenvalue weighted by Crippen LogP contribution is 2.37. The lowest BCUT2D eigenvalue weighted by molar-refractivity contribution is -0.138. The molecule has 0 spiro atoms. The lowest BCUT2D eigenvalue weighted by Gasteiger charge is -2.26. The van der Waals surface area contributed by atoms with Gasteiger partial charge in [0.25, 0.3) is 11.8 Å². The van der Waals surface area contributed by atoms with Crippen LogP contribution in [0.3, 0.4) is 0 Å². The number of nitrogens with zero attached hydrogens (tertiary/aromatic N) is 2. The maximum atomic E-state index is 12.2. The Morgan fingerprint density at radius 1 is 1.24 bits per heavy atom. The van der Waals surface area contributed by atoms with Gasteiger partial charge < -0.3 is 9.69 Å². The lowest BCUT2D eigenvalue weighted by Crippen LogP contribution is -2.37. The molecule has 3 rings (SSSR count). The molecule has 0 saturated heterocycles. The van der Waals surface area contributed by atoms with Crippen LogP contribution in [0.2, 0.25) is 0 Å². The van der Waals surface area contributed by atoms with Gasteiger partial charge in [-0.05, 0) is 25.7 Å². The first-order valence-electron chi connectivity index (χ1n) is 6.03. The van der Waals surface area contributed by atoms with Gasteiger partial charge in [-0.25, -0.2) is 0 Å². The highest BCUT2D eigenvalue weighted by atomic mass is 16.2. The second-order valence-electron chi connectivity index (χ2n) is 4.75. The van der Waals surface area contributed by atoms with Crippen molar-refractivity contribution in [1.82, 2.24) is 9.80 Å². The first-order valence-corrected chi connectivity index (χ1v) is 6.03. The van der Waals surface area contributed by atoms with Crippen LogP contribution in [0.4, 0.5) is 0 Å². The van der Waals surface area contributed by atoms with Crippen LogP contribution in [-0.4, -0.2) is 47.0 Å². The molecule has 5 heteroatoms. The van der Waals surface area contributed by atoms with Crippen LogP contribution in [0, 0.1) is 0 Å². The van der Waals surface area contributed by atoms with Gasteiger partial charge in [0.05, 0.1) is 6.54 Å². The van der Waals surface area contributed by atoms with Crippen molar-refractivity contribution in [1.29, 1.82) is 0 Å². The summed E-state index contributed by atoms with van der Waals surface area (Å²) in [6.45, 7) is 0.894. The normalized spacial score (nSPS) is 24.5. The second kappa shape index (κ2) is 3.68. The molecule has 17 heavy (non-hydrogen) atoms. The predicted octanol–water partition coefficient (Wildman–Crippen LogP) is 0.0664. The maximum absolute atomic E-state index is 12.2. The Morgan fingerprint density at radius 2 is 2.00 bits per heavy atom. The Balaban J connectivity index is 1.94. The van der Waals surface area contributed by atoms with E-state index in [1.165, 1.54) is 4.90 Å². The quantitative estimate of drug-likeness (QED) is 0.512. The van der Waals surface area contributed by atoms with Gasteiger partial charge in [0, 0.05) is 18.2 Å². The van der Waals surface area contributed by atoms with Crippen molar-refractivity contribution in [2.45, 2.75) is 31.7 Å². The summed E-state index contributed by atoms with van der Waals surface area (Å²) < 4.78 is 0. The highest BCUT2D eigenvalue weighted by molar-refractivity contribution is 6.19. The van der Waals surface area contributed by atoms with E-state index < -0.39 is 0 Å². The molecule has 1 fully saturated rings. The van der Waals surface area contributed by atoms with Crippen molar-refractivity contribution in [3.05, 3.63) is 11.3 Å². The molecule has 1 saturated carbocycles. The van der Waals surface area contributed by atoms with Gasteiger partial charge >= 0.3 is 0 Å². The third-order valence-corrected chi connectivity index (χ3v) is 3.56. The molecule has 1 aliphatic carbocycles. The Hall–Kier alpha value is -1.65. The molecule has 0 unspecified atom stereocenters. The zero-order valence-corrected chi connectivity index (χ0v) is 9.52. The summed E-state index contributed by atoms with van der Waals surface area (Å²) in [5.41, 5.74) is 1.11. The van der Waals surface area contributed by atoms with Crippen LogP contribution in [0.15, 0.2) is 11.3 Å². The van der Waals surface area contributed by atoms with Gasteiger partial charge in [0.15, 0.2) is 0 Å². The molecule has 0 bridgehead atoms. The van der Waals surface area contributed by atoms with Crippen molar-refractivity contribution >= 4 is 18.1 Å². The van der Waals surface area contributed by atoms with E-state index in [1.807, 2.05) is 0 Å². The Bertz CT molecular complexity index is 437. The van der Waals surface area contributed by atoms with Crippen LogP contribution in [-0.2, 0) is 14.4 Å². The smallest absolute Gasteiger partial charge is 0.277 e. The molecule has 2 amide bonds. The number of hydrogen-bond donors (Lipinski definition) is 0. The van der Waals surface area contributed by atoms with Crippen LogP contribution < -0.4 is 0 Å². The highest BCUT2D eigenvalue weighted by Gasteiger charge is 2.48. The van der Waals surface area contributed by atoms with Crippen LogP contribution in [0.1, 0.15) is 25.7 Å². The summed E-state index contributed by atoms with van der Waals surface area (Å²) in [4.78, 5) is 38.1. The Kier molecular flexibility index (Phi) is 2.28. The topological polar surface area (TPSA) is 57.7 Å². The van der Waals surface area contributed by atoms with E-state index in [1.54, 1.807) is 4.90 Å². The minimum atomic E-state index is -0.186. The van der Waals surface area contributed by atoms with Crippen molar-refractivity contribution in [2.75, 3.05) is 13.1 Å². The van der Waals surface area contributed by atoms with Crippen molar-refractivity contribution < 1.29 is 14.4 Å². The summed E-state index contributed by atoms with van der Waals surface area (Å²) in [6, 6.07) is 0.110. The molecule has 0 radical (unpaired) electrons. The molecule has 5 nitrogen and oxygen atoms in total. The van der Waals surface area contributed by atoms with Crippen molar-refractivity contribution in [3.63, 3.8) is 0 Å². The zero-order valence-electron chi connectivity index (χ0n) is 9.52. The van der Waals surface area contributed by atoms with Gasteiger partial charge in [-0.2, -0.15) is 0 Å². The standard InChI is InChI=1S/C12H14N2O3/c15-7-6-13-5-1-2-9-10(13)12(17)14(11(9)16)8-3-4-8/h7-8H,1-6H2. The SMILES string of the molecule is O=CCN1CCCC2=C1C(=O)N(C1CC1)C2=O. The predicted molar refractivity (Wildman–Crippen MR) is 58.8 cm³/mol. The van der Waals surface area contributed by atoms with E-state index in [9.17, 15) is 14.4 Å². The van der Waals surface area contributed by atoms with Gasteiger partial charge in [-0.3, -0.25) is 14.5 Å². The maximum Gasteiger partial charge on any atom is 0.277 e. The van der Waals surface area contributed by atoms with Gasteiger partial charge in [-0.1, -0.05) is 0 Å². The summed E-state index contributed by atoms with van der Waals surface area (Å²) in [6.07, 6.45) is 4.13. The van der Waals surface area contributed by atoms with E-state index in [0.29, 0.717) is 24.2 Å². The number of rotatable bonds is 3. The summed E-state index contributed by atoms with van der Waals surface area (Å²) in [7, 11) is 0. The molecule has 0 N–H and O–H groups in total. The molecule has 0 aromatic heterocycles. The van der Waals surface area contributed by atoms with E-state index in [-0.39, 0.29) is 24.4 Å². The summed E-state index contributed by atoms with van der Waals surface area (Å²) in [5, 5.41) is 0. The monoisotopic (exact) mass is 234 g/mol. The molecule has 90 valence electrons. The van der Waals surface area contributed by atoms with Gasteiger partial charge in [0.2, 0.25) is 0 Å². The Morgan fingerprint density at radius 3 is 2.65 bits per heavy atom. The minimum absolute atomic E-state index is 0.110. The van der Waals surface area contributed by atoms with E-state index in [0.717, 1.165) is 25.5 Å². The van der Waals surface area contributed by atoms with E-state index in [2.05, 4.69) is 0 Å². The molecule has 2 aliphatic heterocycles.